The monoisotopic (exact) mass is 340 g/mol. The second-order valence-corrected chi connectivity index (χ2v) is 6.34. The normalized spacial score (nSPS) is 13.0. The third-order valence-electron chi connectivity index (χ3n) is 2.35. The Morgan fingerprint density at radius 2 is 2.05 bits per heavy atom. The highest BCUT2D eigenvalue weighted by atomic mass is 35.5. The minimum absolute atomic E-state index is 0.0417. The second-order valence-electron chi connectivity index (χ2n) is 3.87. The largest absolute Gasteiger partial charge is 0.465 e. The summed E-state index contributed by atoms with van der Waals surface area (Å²) < 4.78 is 31.1. The number of rotatable bonds is 5. The number of sulfonamides is 1. The molecule has 0 saturated carbocycles. The van der Waals surface area contributed by atoms with Gasteiger partial charge in [0, 0.05) is 0 Å². The molecule has 0 bridgehead atoms. The van der Waals surface area contributed by atoms with Gasteiger partial charge in [-0.1, -0.05) is 23.2 Å². The minimum Gasteiger partial charge on any atom is -0.465 e. The maximum absolute atomic E-state index is 12.1. The first-order valence-electron chi connectivity index (χ1n) is 5.63. The number of benzene rings is 1. The number of nitrogens with two attached hydrogens (primary N) is 1. The zero-order chi connectivity index (χ0) is 15.5. The van der Waals surface area contributed by atoms with E-state index >= 15 is 0 Å². The summed E-state index contributed by atoms with van der Waals surface area (Å²) in [4.78, 5) is 11.2. The van der Waals surface area contributed by atoms with Crippen LogP contribution in [0.1, 0.15) is 13.8 Å². The highest BCUT2D eigenvalue weighted by Crippen LogP contribution is 2.33. The summed E-state index contributed by atoms with van der Waals surface area (Å²) >= 11 is 11.6. The summed E-state index contributed by atoms with van der Waals surface area (Å²) in [6.07, 6.45) is 0. The zero-order valence-electron chi connectivity index (χ0n) is 10.8. The van der Waals surface area contributed by atoms with Crippen LogP contribution in [0.25, 0.3) is 0 Å². The topological polar surface area (TPSA) is 98.5 Å². The van der Waals surface area contributed by atoms with E-state index in [0.717, 1.165) is 0 Å². The van der Waals surface area contributed by atoms with Gasteiger partial charge in [-0.2, -0.15) is 4.72 Å². The van der Waals surface area contributed by atoms with Gasteiger partial charge in [-0.05, 0) is 26.0 Å². The zero-order valence-corrected chi connectivity index (χ0v) is 13.1. The lowest BCUT2D eigenvalue weighted by Crippen LogP contribution is -2.39. The highest BCUT2D eigenvalue weighted by molar-refractivity contribution is 7.89. The number of ether oxygens (including phenoxy) is 1. The summed E-state index contributed by atoms with van der Waals surface area (Å²) in [7, 11) is -4.01. The first kappa shape index (κ1) is 17.0. The Morgan fingerprint density at radius 1 is 1.45 bits per heavy atom. The summed E-state index contributed by atoms with van der Waals surface area (Å²) in [5.41, 5.74) is 5.53. The Labute approximate surface area is 127 Å². The second kappa shape index (κ2) is 6.62. The van der Waals surface area contributed by atoms with Crippen molar-refractivity contribution in [2.24, 2.45) is 0 Å². The van der Waals surface area contributed by atoms with Crippen LogP contribution < -0.4 is 10.5 Å². The molecular weight excluding hydrogens is 327 g/mol. The molecule has 1 atom stereocenters. The fourth-order valence-electron chi connectivity index (χ4n) is 1.37. The van der Waals surface area contributed by atoms with Crippen LogP contribution in [0.5, 0.6) is 0 Å². The molecule has 9 heteroatoms. The lowest BCUT2D eigenvalue weighted by Gasteiger charge is -2.14. The SMILES string of the molecule is CCOC(=O)C(C)NS(=O)(=O)c1ccc(Cl)c(N)c1Cl. The van der Waals surface area contributed by atoms with Gasteiger partial charge in [0.15, 0.2) is 0 Å². The molecule has 0 aromatic heterocycles. The number of nitrogen functional groups attached to an aromatic ring is 1. The molecule has 3 N–H and O–H groups in total. The fraction of sp³-hybridized carbons (Fsp3) is 0.364. The molecule has 0 fully saturated rings. The Kier molecular flexibility index (Phi) is 5.64. The van der Waals surface area contributed by atoms with E-state index in [9.17, 15) is 13.2 Å². The number of halogens is 2. The van der Waals surface area contributed by atoms with Gasteiger partial charge < -0.3 is 10.5 Å². The first-order valence-corrected chi connectivity index (χ1v) is 7.87. The van der Waals surface area contributed by atoms with E-state index in [4.69, 9.17) is 33.7 Å². The fourth-order valence-corrected chi connectivity index (χ4v) is 3.33. The quantitative estimate of drug-likeness (QED) is 0.629. The van der Waals surface area contributed by atoms with Crippen molar-refractivity contribution >= 4 is 44.9 Å². The molecule has 0 spiro atoms. The van der Waals surface area contributed by atoms with Crippen LogP contribution in [-0.2, 0) is 19.6 Å². The van der Waals surface area contributed by atoms with Crippen LogP contribution in [0, 0.1) is 0 Å². The molecular formula is C11H14Cl2N2O4S. The van der Waals surface area contributed by atoms with Gasteiger partial charge in [0.2, 0.25) is 10.0 Å². The van der Waals surface area contributed by atoms with E-state index in [1.54, 1.807) is 6.92 Å². The number of esters is 1. The molecule has 0 aliphatic heterocycles. The van der Waals surface area contributed by atoms with Crippen molar-refractivity contribution in [3.8, 4) is 0 Å². The molecule has 1 aromatic rings. The molecule has 1 unspecified atom stereocenters. The van der Waals surface area contributed by atoms with Crippen molar-refractivity contribution in [3.63, 3.8) is 0 Å². The lowest BCUT2D eigenvalue weighted by molar-refractivity contribution is -0.144. The molecule has 6 nitrogen and oxygen atoms in total. The lowest BCUT2D eigenvalue weighted by atomic mass is 10.3. The van der Waals surface area contributed by atoms with Crippen molar-refractivity contribution in [1.29, 1.82) is 0 Å². The average Bonchev–Trinajstić information content (AvgIpc) is 2.35. The van der Waals surface area contributed by atoms with Gasteiger partial charge in [-0.15, -0.1) is 0 Å². The maximum atomic E-state index is 12.1. The van der Waals surface area contributed by atoms with E-state index < -0.39 is 22.0 Å². The smallest absolute Gasteiger partial charge is 0.323 e. The van der Waals surface area contributed by atoms with Crippen molar-refractivity contribution in [1.82, 2.24) is 4.72 Å². The standard InChI is InChI=1S/C11H14Cl2N2O4S/c1-3-19-11(16)6(2)15-20(17,18)8-5-4-7(12)10(14)9(8)13/h4-6,15H,3,14H2,1-2H3. The van der Waals surface area contributed by atoms with Gasteiger partial charge in [0.1, 0.15) is 10.9 Å². The molecule has 1 rings (SSSR count). The van der Waals surface area contributed by atoms with Crippen LogP contribution >= 0.6 is 23.2 Å². The molecule has 1 aromatic carbocycles. The number of nitrogens with one attached hydrogen (secondary N) is 1. The Morgan fingerprint density at radius 3 is 2.60 bits per heavy atom. The number of hydrogen-bond acceptors (Lipinski definition) is 5. The number of hydrogen-bond donors (Lipinski definition) is 2. The van der Waals surface area contributed by atoms with Crippen LogP contribution in [0.15, 0.2) is 17.0 Å². The molecule has 20 heavy (non-hydrogen) atoms. The Hall–Kier alpha value is -1.02. The van der Waals surface area contributed by atoms with Gasteiger partial charge in [-0.25, -0.2) is 8.42 Å². The van der Waals surface area contributed by atoms with Crippen molar-refractivity contribution in [2.45, 2.75) is 24.8 Å². The van der Waals surface area contributed by atoms with Gasteiger partial charge in [0.05, 0.1) is 22.3 Å². The number of anilines is 1. The van der Waals surface area contributed by atoms with Crippen molar-refractivity contribution < 1.29 is 17.9 Å². The number of carbonyl (C=O) groups excluding carboxylic acids is 1. The van der Waals surface area contributed by atoms with E-state index in [1.807, 2.05) is 0 Å². The van der Waals surface area contributed by atoms with Crippen molar-refractivity contribution in [2.75, 3.05) is 12.3 Å². The minimum atomic E-state index is -4.01. The molecule has 0 aliphatic carbocycles. The predicted octanol–water partition coefficient (Wildman–Crippen LogP) is 1.81. The summed E-state index contributed by atoms with van der Waals surface area (Å²) in [6.45, 7) is 3.14. The predicted molar refractivity (Wildman–Crippen MR) is 77.3 cm³/mol. The van der Waals surface area contributed by atoms with Gasteiger partial charge in [-0.3, -0.25) is 4.79 Å². The summed E-state index contributed by atoms with van der Waals surface area (Å²) in [6, 6.07) is 1.47. The molecule has 0 aliphatic rings. The van der Waals surface area contributed by atoms with Crippen molar-refractivity contribution in [3.05, 3.63) is 22.2 Å². The Bertz CT molecular complexity index is 619. The van der Waals surface area contributed by atoms with Crippen LogP contribution in [0.4, 0.5) is 5.69 Å². The summed E-state index contributed by atoms with van der Waals surface area (Å²) in [5, 5.41) is -0.0477. The van der Waals surface area contributed by atoms with E-state index in [2.05, 4.69) is 4.72 Å². The molecule has 0 heterocycles. The molecule has 112 valence electrons. The first-order chi connectivity index (χ1) is 9.20. The van der Waals surface area contributed by atoms with E-state index in [0.29, 0.717) is 0 Å². The van der Waals surface area contributed by atoms with Crippen LogP contribution in [-0.4, -0.2) is 27.0 Å². The third kappa shape index (κ3) is 3.76. The van der Waals surface area contributed by atoms with Crippen LogP contribution in [0.3, 0.4) is 0 Å². The highest BCUT2D eigenvalue weighted by Gasteiger charge is 2.26. The molecule has 0 amide bonds. The van der Waals surface area contributed by atoms with Gasteiger partial charge in [0.25, 0.3) is 0 Å². The van der Waals surface area contributed by atoms with E-state index in [1.165, 1.54) is 19.1 Å². The third-order valence-corrected chi connectivity index (χ3v) is 4.78. The van der Waals surface area contributed by atoms with Gasteiger partial charge >= 0.3 is 5.97 Å². The molecule has 0 saturated heterocycles. The number of carbonyl (C=O) groups is 1. The van der Waals surface area contributed by atoms with Crippen LogP contribution in [0.2, 0.25) is 10.0 Å². The maximum Gasteiger partial charge on any atom is 0.323 e. The average molecular weight is 341 g/mol. The van der Waals surface area contributed by atoms with E-state index in [-0.39, 0.29) is 27.2 Å². The summed E-state index contributed by atoms with van der Waals surface area (Å²) in [5.74, 6) is -0.686. The Balaban J connectivity index is 3.07. The molecule has 0 radical (unpaired) electrons.